The number of aryl methyl sites for hydroxylation is 1. The second-order valence-corrected chi connectivity index (χ2v) is 12.1. The number of hydrogen-bond donors (Lipinski definition) is 2. The van der Waals surface area contributed by atoms with Crippen molar-refractivity contribution >= 4 is 46.1 Å². The van der Waals surface area contributed by atoms with E-state index in [0.29, 0.717) is 5.82 Å². The van der Waals surface area contributed by atoms with Gasteiger partial charge in [0.05, 0.1) is 17.3 Å². The maximum absolute atomic E-state index is 13.6. The van der Waals surface area contributed by atoms with Gasteiger partial charge >= 0.3 is 6.03 Å². The Kier molecular flexibility index (Phi) is 7.92. The van der Waals surface area contributed by atoms with E-state index in [1.165, 1.54) is 29.2 Å². The fourth-order valence-corrected chi connectivity index (χ4v) is 7.26. The van der Waals surface area contributed by atoms with Gasteiger partial charge in [-0.15, -0.1) is 0 Å². The van der Waals surface area contributed by atoms with Crippen molar-refractivity contribution in [3.63, 3.8) is 0 Å². The number of rotatable bonds is 5. The molecule has 3 amide bonds. The number of nitrogens with zero attached hydrogens (tertiary/aromatic N) is 5. The van der Waals surface area contributed by atoms with Gasteiger partial charge in [-0.05, 0) is 69.7 Å². The number of piperidine rings is 1. The van der Waals surface area contributed by atoms with Crippen LogP contribution in [0, 0.1) is 6.92 Å². The molecule has 7 rings (SSSR count). The van der Waals surface area contributed by atoms with Gasteiger partial charge in [-0.25, -0.2) is 19.7 Å². The lowest BCUT2D eigenvalue weighted by atomic mass is 10.0. The Hall–Kier alpha value is -3.89. The molecule has 2 N–H and O–H groups in total. The molecule has 9 nitrogen and oxygen atoms in total. The van der Waals surface area contributed by atoms with E-state index in [4.69, 9.17) is 0 Å². The van der Waals surface area contributed by atoms with Crippen molar-refractivity contribution in [2.75, 3.05) is 25.0 Å². The Balaban J connectivity index is 0.00000155. The van der Waals surface area contributed by atoms with Crippen molar-refractivity contribution in [2.24, 2.45) is 0 Å². The molecule has 42 heavy (non-hydrogen) atoms. The van der Waals surface area contributed by atoms with Gasteiger partial charge in [0.1, 0.15) is 16.6 Å². The Bertz CT molecular complexity index is 1630. The smallest absolute Gasteiger partial charge is 0.328 e. The van der Waals surface area contributed by atoms with Crippen molar-refractivity contribution in [1.82, 2.24) is 30.1 Å². The molecule has 1 saturated heterocycles. The zero-order valence-corrected chi connectivity index (χ0v) is 25.3. The number of carbonyl (C=O) groups is 2. The summed E-state index contributed by atoms with van der Waals surface area (Å²) in [5, 5.41) is 7.63. The molecule has 0 saturated carbocycles. The predicted octanol–water partition coefficient (Wildman–Crippen LogP) is 5.40. The van der Waals surface area contributed by atoms with E-state index in [1.54, 1.807) is 4.90 Å². The van der Waals surface area contributed by atoms with Crippen LogP contribution in [0.2, 0.25) is 0 Å². The number of thioether (sulfide) groups is 1. The van der Waals surface area contributed by atoms with Crippen LogP contribution in [0.15, 0.2) is 66.1 Å². The number of likely N-dealkylation sites (tertiary alicyclic amines) is 1. The number of carbonyl (C=O) groups excluding carboxylic acids is 2. The van der Waals surface area contributed by atoms with Crippen molar-refractivity contribution in [1.29, 1.82) is 0 Å². The highest BCUT2D eigenvalue weighted by molar-refractivity contribution is 8.01. The molecule has 0 bridgehead atoms. The molecule has 10 heteroatoms. The van der Waals surface area contributed by atoms with Crippen LogP contribution in [0.1, 0.15) is 49.4 Å². The number of fused-ring (bicyclic) bond motifs is 1. The van der Waals surface area contributed by atoms with Gasteiger partial charge in [-0.2, -0.15) is 0 Å². The molecule has 2 aromatic carbocycles. The Morgan fingerprint density at radius 1 is 1.10 bits per heavy atom. The number of amides is 3. The second kappa shape index (κ2) is 11.8. The van der Waals surface area contributed by atoms with Gasteiger partial charge < -0.3 is 20.1 Å². The number of benzene rings is 2. The third-order valence-electron chi connectivity index (χ3n) is 8.14. The van der Waals surface area contributed by atoms with Crippen molar-refractivity contribution in [3.05, 3.63) is 77.7 Å². The molecule has 0 aliphatic carbocycles. The molecule has 0 radical (unpaired) electrons. The molecule has 2 aromatic heterocycles. The van der Waals surface area contributed by atoms with Gasteiger partial charge in [0.2, 0.25) is 5.91 Å². The summed E-state index contributed by atoms with van der Waals surface area (Å²) in [4.78, 5) is 39.8. The lowest BCUT2D eigenvalue weighted by Crippen LogP contribution is -2.51. The molecule has 1 fully saturated rings. The van der Waals surface area contributed by atoms with Gasteiger partial charge in [-0.1, -0.05) is 55.4 Å². The Morgan fingerprint density at radius 3 is 2.69 bits per heavy atom. The fraction of sp³-hybridized carbons (Fsp3) is 0.375. The van der Waals surface area contributed by atoms with Gasteiger partial charge in [-0.3, -0.25) is 4.79 Å². The van der Waals surface area contributed by atoms with Crippen molar-refractivity contribution < 1.29 is 9.59 Å². The van der Waals surface area contributed by atoms with Crippen LogP contribution in [-0.2, 0) is 11.3 Å². The van der Waals surface area contributed by atoms with Crippen LogP contribution < -0.4 is 15.5 Å². The van der Waals surface area contributed by atoms with Crippen LogP contribution in [0.25, 0.3) is 10.9 Å². The third-order valence-corrected chi connectivity index (χ3v) is 9.43. The Morgan fingerprint density at radius 2 is 1.90 bits per heavy atom. The van der Waals surface area contributed by atoms with E-state index in [0.717, 1.165) is 59.7 Å². The highest BCUT2D eigenvalue weighted by Gasteiger charge is 2.47. The summed E-state index contributed by atoms with van der Waals surface area (Å²) in [6.45, 7) is 8.80. The first-order valence-electron chi connectivity index (χ1n) is 14.7. The molecule has 218 valence electrons. The lowest BCUT2D eigenvalue weighted by Gasteiger charge is -2.34. The van der Waals surface area contributed by atoms with Crippen LogP contribution in [-0.4, -0.2) is 62.8 Å². The standard InChI is InChI=1S/C30H31N7O2S.C2H6/c1-18-4-3-5-19(14-18)16-36-13-8-20-15-22(6-7-23(20)36)37-27-24-25(34-30(37)39)26(40-29(24)32-17-31-27)28(38)33-21-9-11-35(2)12-10-21;1-2/h3-8,13-15,17,21,25-26H,9-12,16H2,1-2H3,(H,33,38)(H,34,39);1-2H3. The third kappa shape index (κ3) is 5.25. The Labute approximate surface area is 250 Å². The summed E-state index contributed by atoms with van der Waals surface area (Å²) >= 11 is 1.41. The average Bonchev–Trinajstić information content (AvgIpc) is 3.57. The summed E-state index contributed by atoms with van der Waals surface area (Å²) in [6, 6.07) is 16.0. The molecule has 3 aliphatic rings. The first-order valence-corrected chi connectivity index (χ1v) is 15.6. The molecule has 5 heterocycles. The first kappa shape index (κ1) is 28.2. The molecule has 4 aromatic rings. The molecule has 0 spiro atoms. The van der Waals surface area contributed by atoms with Crippen molar-refractivity contribution in [3.8, 4) is 0 Å². The van der Waals surface area contributed by atoms with E-state index in [2.05, 4.69) is 80.6 Å². The predicted molar refractivity (Wildman–Crippen MR) is 167 cm³/mol. The monoisotopic (exact) mass is 583 g/mol. The summed E-state index contributed by atoms with van der Waals surface area (Å²) in [5.74, 6) is 0.484. The number of urea groups is 1. The minimum absolute atomic E-state index is 0.0568. The highest BCUT2D eigenvalue weighted by atomic mass is 32.2. The second-order valence-electron chi connectivity index (χ2n) is 11.0. The van der Waals surface area contributed by atoms with E-state index >= 15 is 0 Å². The topological polar surface area (TPSA) is 95.4 Å². The van der Waals surface area contributed by atoms with Gasteiger partial charge in [0.25, 0.3) is 0 Å². The molecular weight excluding hydrogens is 546 g/mol. The number of nitrogens with one attached hydrogen (secondary N) is 2. The van der Waals surface area contributed by atoms with Gasteiger partial charge in [0, 0.05) is 29.7 Å². The van der Waals surface area contributed by atoms with Crippen LogP contribution >= 0.6 is 11.8 Å². The summed E-state index contributed by atoms with van der Waals surface area (Å²) in [5.41, 5.74) is 5.11. The van der Waals surface area contributed by atoms with Gasteiger partial charge in [0.15, 0.2) is 5.82 Å². The minimum atomic E-state index is -0.477. The lowest BCUT2D eigenvalue weighted by molar-refractivity contribution is -0.122. The normalized spacial score (nSPS) is 20.1. The van der Waals surface area contributed by atoms with Crippen LogP contribution in [0.5, 0.6) is 0 Å². The van der Waals surface area contributed by atoms with Crippen LogP contribution in [0.3, 0.4) is 0 Å². The summed E-state index contributed by atoms with van der Waals surface area (Å²) in [6.07, 6.45) is 5.42. The summed E-state index contributed by atoms with van der Waals surface area (Å²) in [7, 11) is 2.10. The number of anilines is 2. The van der Waals surface area contributed by atoms with E-state index in [9.17, 15) is 9.59 Å². The average molecular weight is 584 g/mol. The van der Waals surface area contributed by atoms with E-state index in [-0.39, 0.29) is 18.0 Å². The largest absolute Gasteiger partial charge is 0.352 e. The van der Waals surface area contributed by atoms with E-state index < -0.39 is 11.3 Å². The quantitative estimate of drug-likeness (QED) is 0.306. The maximum atomic E-state index is 13.6. The SMILES string of the molecule is CC.Cc1cccc(Cn2ccc3cc(N4C(=O)NC5c6c(ncnc64)SC5C(=O)NC4CCN(C)CC4)ccc32)c1. The molecule has 2 atom stereocenters. The molecule has 3 aliphatic heterocycles. The number of aromatic nitrogens is 3. The zero-order valence-electron chi connectivity index (χ0n) is 24.5. The summed E-state index contributed by atoms with van der Waals surface area (Å²) < 4.78 is 2.22. The van der Waals surface area contributed by atoms with Crippen molar-refractivity contribution in [2.45, 2.75) is 62.5 Å². The maximum Gasteiger partial charge on any atom is 0.328 e. The zero-order chi connectivity index (χ0) is 29.4. The fourth-order valence-electron chi connectivity index (χ4n) is 6.05. The minimum Gasteiger partial charge on any atom is -0.352 e. The van der Waals surface area contributed by atoms with Crippen LogP contribution in [0.4, 0.5) is 16.3 Å². The van der Waals surface area contributed by atoms with E-state index in [1.807, 2.05) is 32.0 Å². The molecular formula is C32H37N7O2S. The number of hydrogen-bond acceptors (Lipinski definition) is 6. The first-order chi connectivity index (χ1) is 20.4. The highest BCUT2D eigenvalue weighted by Crippen LogP contribution is 2.50. The molecule has 2 unspecified atom stereocenters.